The normalized spacial score (nSPS) is 27.8. The fourth-order valence-corrected chi connectivity index (χ4v) is 1.82. The van der Waals surface area contributed by atoms with Crippen LogP contribution in [0.15, 0.2) is 18.3 Å². The number of pyridine rings is 1. The van der Waals surface area contributed by atoms with Crippen molar-refractivity contribution in [3.63, 3.8) is 0 Å². The maximum atomic E-state index is 9.82. The third-order valence-corrected chi connectivity index (χ3v) is 2.60. The minimum atomic E-state index is -0.585. The molecular formula is C10H14N2O. The summed E-state index contributed by atoms with van der Waals surface area (Å²) in [5.74, 6) is 0. The molecule has 1 heterocycles. The molecule has 0 radical (unpaired) electrons. The fourth-order valence-electron chi connectivity index (χ4n) is 1.82. The van der Waals surface area contributed by atoms with Crippen LogP contribution >= 0.6 is 0 Å². The Labute approximate surface area is 77.6 Å². The third-order valence-electron chi connectivity index (χ3n) is 2.60. The second-order valence-corrected chi connectivity index (χ2v) is 3.55. The molecule has 0 unspecified atom stereocenters. The lowest BCUT2D eigenvalue weighted by molar-refractivity contribution is 0.140. The van der Waals surface area contributed by atoms with Gasteiger partial charge in [0.25, 0.3) is 0 Å². The molecule has 1 aliphatic carbocycles. The standard InChI is InChI=1S/C10H14N2O/c11-8-5-1-3-7-4-2-6-12-9(7)10(8)13/h2,4,6,8,10,13H,1,3,5,11H2/t8-,10+/m1/s1. The number of nitrogens with zero attached hydrogens (tertiary/aromatic N) is 1. The van der Waals surface area contributed by atoms with Gasteiger partial charge in [-0.3, -0.25) is 4.98 Å². The molecule has 13 heavy (non-hydrogen) atoms. The predicted octanol–water partition coefficient (Wildman–Crippen LogP) is 0.779. The molecule has 0 amide bonds. The van der Waals surface area contributed by atoms with Crippen LogP contribution in [-0.4, -0.2) is 16.1 Å². The van der Waals surface area contributed by atoms with Gasteiger partial charge in [-0.1, -0.05) is 6.07 Å². The van der Waals surface area contributed by atoms with Crippen molar-refractivity contribution in [2.24, 2.45) is 5.73 Å². The number of nitrogens with two attached hydrogens (primary N) is 1. The molecular weight excluding hydrogens is 164 g/mol. The Morgan fingerprint density at radius 2 is 2.38 bits per heavy atom. The summed E-state index contributed by atoms with van der Waals surface area (Å²) in [7, 11) is 0. The molecule has 3 N–H and O–H groups in total. The molecule has 3 nitrogen and oxygen atoms in total. The first kappa shape index (κ1) is 8.66. The molecule has 0 aromatic carbocycles. The van der Waals surface area contributed by atoms with E-state index in [1.54, 1.807) is 6.20 Å². The molecule has 0 spiro atoms. The molecule has 70 valence electrons. The van der Waals surface area contributed by atoms with E-state index in [9.17, 15) is 5.11 Å². The molecule has 2 atom stereocenters. The molecule has 0 fully saturated rings. The first-order valence-electron chi connectivity index (χ1n) is 4.66. The van der Waals surface area contributed by atoms with E-state index >= 15 is 0 Å². The Morgan fingerprint density at radius 3 is 3.23 bits per heavy atom. The van der Waals surface area contributed by atoms with Crippen molar-refractivity contribution in [1.29, 1.82) is 0 Å². The van der Waals surface area contributed by atoms with Crippen molar-refractivity contribution in [3.8, 4) is 0 Å². The zero-order valence-corrected chi connectivity index (χ0v) is 7.48. The largest absolute Gasteiger partial charge is 0.385 e. The molecule has 0 aliphatic heterocycles. The Balaban J connectivity index is 2.40. The Kier molecular flexibility index (Phi) is 2.29. The first-order chi connectivity index (χ1) is 6.29. The van der Waals surface area contributed by atoms with E-state index in [4.69, 9.17) is 5.73 Å². The van der Waals surface area contributed by atoms with E-state index in [1.807, 2.05) is 12.1 Å². The van der Waals surface area contributed by atoms with Gasteiger partial charge in [0.1, 0.15) is 6.10 Å². The predicted molar refractivity (Wildman–Crippen MR) is 50.1 cm³/mol. The summed E-state index contributed by atoms with van der Waals surface area (Å²) >= 11 is 0. The number of aliphatic hydroxyl groups is 1. The average molecular weight is 178 g/mol. The average Bonchev–Trinajstić information content (AvgIpc) is 2.29. The van der Waals surface area contributed by atoms with E-state index in [0.717, 1.165) is 30.5 Å². The van der Waals surface area contributed by atoms with Gasteiger partial charge in [-0.2, -0.15) is 0 Å². The van der Waals surface area contributed by atoms with Crippen molar-refractivity contribution in [1.82, 2.24) is 4.98 Å². The number of aromatic nitrogens is 1. The minimum Gasteiger partial charge on any atom is -0.385 e. The van der Waals surface area contributed by atoms with Crippen LogP contribution in [0.25, 0.3) is 0 Å². The van der Waals surface area contributed by atoms with Crippen LogP contribution in [0.5, 0.6) is 0 Å². The molecule has 2 rings (SSSR count). The van der Waals surface area contributed by atoms with E-state index in [1.165, 1.54) is 0 Å². The van der Waals surface area contributed by atoms with Crippen molar-refractivity contribution in [2.45, 2.75) is 31.4 Å². The van der Waals surface area contributed by atoms with Gasteiger partial charge in [-0.15, -0.1) is 0 Å². The van der Waals surface area contributed by atoms with Crippen LogP contribution in [0.4, 0.5) is 0 Å². The summed E-state index contributed by atoms with van der Waals surface area (Å²) in [6, 6.07) is 3.77. The molecule has 1 aromatic rings. The van der Waals surface area contributed by atoms with Gasteiger partial charge >= 0.3 is 0 Å². The summed E-state index contributed by atoms with van der Waals surface area (Å²) in [5.41, 5.74) is 7.72. The highest BCUT2D eigenvalue weighted by Crippen LogP contribution is 2.25. The quantitative estimate of drug-likeness (QED) is 0.577. The molecule has 1 aliphatic rings. The Morgan fingerprint density at radius 1 is 1.54 bits per heavy atom. The zero-order valence-electron chi connectivity index (χ0n) is 7.48. The van der Waals surface area contributed by atoms with Crippen molar-refractivity contribution in [3.05, 3.63) is 29.6 Å². The van der Waals surface area contributed by atoms with Crippen LogP contribution in [-0.2, 0) is 6.42 Å². The maximum Gasteiger partial charge on any atom is 0.111 e. The lowest BCUT2D eigenvalue weighted by Gasteiger charge is -2.15. The summed E-state index contributed by atoms with van der Waals surface area (Å²) < 4.78 is 0. The highest BCUT2D eigenvalue weighted by Gasteiger charge is 2.23. The SMILES string of the molecule is N[C@@H]1CCCc2cccnc2[C@H]1O. The van der Waals surface area contributed by atoms with E-state index in [2.05, 4.69) is 4.98 Å². The molecule has 1 aromatic heterocycles. The lowest BCUT2D eigenvalue weighted by Crippen LogP contribution is -2.27. The number of aryl methyl sites for hydroxylation is 1. The molecule has 0 saturated carbocycles. The second-order valence-electron chi connectivity index (χ2n) is 3.55. The van der Waals surface area contributed by atoms with Gasteiger partial charge in [0.15, 0.2) is 0 Å². The highest BCUT2D eigenvalue weighted by atomic mass is 16.3. The number of hydrogen-bond donors (Lipinski definition) is 2. The van der Waals surface area contributed by atoms with Crippen LogP contribution in [0.3, 0.4) is 0 Å². The van der Waals surface area contributed by atoms with E-state index in [-0.39, 0.29) is 6.04 Å². The monoisotopic (exact) mass is 178 g/mol. The van der Waals surface area contributed by atoms with Gasteiger partial charge in [-0.25, -0.2) is 0 Å². The van der Waals surface area contributed by atoms with Crippen molar-refractivity contribution < 1.29 is 5.11 Å². The van der Waals surface area contributed by atoms with Gasteiger partial charge in [0.2, 0.25) is 0 Å². The van der Waals surface area contributed by atoms with Crippen molar-refractivity contribution in [2.75, 3.05) is 0 Å². The van der Waals surface area contributed by atoms with Crippen molar-refractivity contribution >= 4 is 0 Å². The smallest absolute Gasteiger partial charge is 0.111 e. The number of hydrogen-bond acceptors (Lipinski definition) is 3. The lowest BCUT2D eigenvalue weighted by atomic mass is 10.1. The van der Waals surface area contributed by atoms with Gasteiger partial charge < -0.3 is 10.8 Å². The number of aliphatic hydroxyl groups excluding tert-OH is 1. The molecule has 0 saturated heterocycles. The van der Waals surface area contributed by atoms with Gasteiger partial charge in [0, 0.05) is 12.2 Å². The first-order valence-corrected chi connectivity index (χ1v) is 4.66. The zero-order chi connectivity index (χ0) is 9.26. The van der Waals surface area contributed by atoms with Crippen LogP contribution in [0.2, 0.25) is 0 Å². The topological polar surface area (TPSA) is 59.1 Å². The molecule has 3 heteroatoms. The number of rotatable bonds is 0. The van der Waals surface area contributed by atoms with Gasteiger partial charge in [0.05, 0.1) is 5.69 Å². The summed E-state index contributed by atoms with van der Waals surface area (Å²) in [4.78, 5) is 4.18. The maximum absolute atomic E-state index is 9.82. The fraction of sp³-hybridized carbons (Fsp3) is 0.500. The Hall–Kier alpha value is -0.930. The number of fused-ring (bicyclic) bond motifs is 1. The summed E-state index contributed by atoms with van der Waals surface area (Å²) in [6.07, 6.45) is 4.02. The van der Waals surface area contributed by atoms with E-state index < -0.39 is 6.10 Å². The summed E-state index contributed by atoms with van der Waals surface area (Å²) in [5, 5.41) is 9.82. The van der Waals surface area contributed by atoms with Gasteiger partial charge in [-0.05, 0) is 30.9 Å². The van der Waals surface area contributed by atoms with Crippen LogP contribution in [0.1, 0.15) is 30.2 Å². The Bertz CT molecular complexity index is 301. The minimum absolute atomic E-state index is 0.156. The second kappa shape index (κ2) is 3.44. The van der Waals surface area contributed by atoms with Crippen LogP contribution < -0.4 is 5.73 Å². The van der Waals surface area contributed by atoms with E-state index in [0.29, 0.717) is 0 Å². The summed E-state index contributed by atoms with van der Waals surface area (Å²) in [6.45, 7) is 0. The molecule has 0 bridgehead atoms. The third kappa shape index (κ3) is 1.57. The highest BCUT2D eigenvalue weighted by molar-refractivity contribution is 5.24. The van der Waals surface area contributed by atoms with Crippen LogP contribution in [0, 0.1) is 0 Å².